The average Bonchev–Trinajstić information content (AvgIpc) is 3.74. The Morgan fingerprint density at radius 1 is 0.406 bits per heavy atom. The second-order valence-electron chi connectivity index (χ2n) is 17.7. The maximum absolute atomic E-state index is 9.97. The third-order valence-corrected chi connectivity index (χ3v) is 13.8. The zero-order chi connectivity index (χ0) is 46.2. The van der Waals surface area contributed by atoms with Crippen LogP contribution < -0.4 is 10.2 Å². The van der Waals surface area contributed by atoms with E-state index in [1.807, 2.05) is 42.5 Å². The molecule has 10 aromatic carbocycles. The van der Waals surface area contributed by atoms with Gasteiger partial charge in [0, 0.05) is 39.3 Å². The Labute approximate surface area is 404 Å². The number of benzene rings is 10. The van der Waals surface area contributed by atoms with E-state index in [4.69, 9.17) is 0 Å². The number of nitrogens with zero attached hydrogens (tertiary/aromatic N) is 1. The van der Waals surface area contributed by atoms with Crippen LogP contribution in [0.25, 0.3) is 45.3 Å². The number of hydrogen-bond donors (Lipinski definition) is 2. The third kappa shape index (κ3) is 7.20. The number of rotatable bonds is 10. The number of nitrogens with one attached hydrogen (secondary N) is 2. The molecule has 0 unspecified atom stereocenters. The van der Waals surface area contributed by atoms with Crippen LogP contribution in [0.5, 0.6) is 0 Å². The van der Waals surface area contributed by atoms with Crippen LogP contribution >= 0.6 is 0 Å². The first-order valence-electron chi connectivity index (χ1n) is 23.6. The van der Waals surface area contributed by atoms with Gasteiger partial charge in [-0.1, -0.05) is 237 Å². The summed E-state index contributed by atoms with van der Waals surface area (Å²) in [7, 11) is 0. The van der Waals surface area contributed by atoms with Crippen LogP contribution in [0.2, 0.25) is 0 Å². The molecular weight excluding hydrogens is 835 g/mol. The van der Waals surface area contributed by atoms with Gasteiger partial charge in [0.25, 0.3) is 0 Å². The van der Waals surface area contributed by atoms with Gasteiger partial charge >= 0.3 is 0 Å². The van der Waals surface area contributed by atoms with Crippen LogP contribution in [-0.4, -0.2) is 5.71 Å². The molecule has 0 aromatic heterocycles. The quantitative estimate of drug-likeness (QED) is 0.134. The van der Waals surface area contributed by atoms with E-state index in [0.29, 0.717) is 5.71 Å². The van der Waals surface area contributed by atoms with Gasteiger partial charge in [-0.2, -0.15) is 0 Å². The van der Waals surface area contributed by atoms with Crippen molar-refractivity contribution in [3.63, 3.8) is 0 Å². The average molecular weight is 882 g/mol. The van der Waals surface area contributed by atoms with E-state index in [2.05, 4.69) is 241 Å². The van der Waals surface area contributed by atoms with Gasteiger partial charge in [-0.15, -0.1) is 0 Å². The first-order chi connectivity index (χ1) is 34.2. The topological polar surface area (TPSA) is 39.1 Å². The molecule has 3 nitrogen and oxygen atoms in total. The van der Waals surface area contributed by atoms with Gasteiger partial charge in [0.15, 0.2) is 0 Å². The number of anilines is 3. The molecule has 1 aliphatic heterocycles. The summed E-state index contributed by atoms with van der Waals surface area (Å²) in [6.45, 7) is 0. The molecule has 0 saturated carbocycles. The van der Waals surface area contributed by atoms with Crippen molar-refractivity contribution in [1.82, 2.24) is 5.32 Å². The van der Waals surface area contributed by atoms with E-state index in [1.165, 1.54) is 38.9 Å². The monoisotopic (exact) mass is 881 g/mol. The minimum atomic E-state index is -0.565. The zero-order valence-electron chi connectivity index (χ0n) is 37.9. The van der Waals surface area contributed by atoms with Crippen LogP contribution in [0, 0.1) is 5.41 Å². The maximum Gasteiger partial charge on any atom is 0.0714 e. The Kier molecular flexibility index (Phi) is 10.6. The lowest BCUT2D eigenvalue weighted by Gasteiger charge is -2.34. The van der Waals surface area contributed by atoms with Crippen molar-refractivity contribution in [2.75, 3.05) is 4.90 Å². The van der Waals surface area contributed by atoms with Gasteiger partial charge in [0.1, 0.15) is 0 Å². The summed E-state index contributed by atoms with van der Waals surface area (Å²) in [4.78, 5) is 2.44. The lowest BCUT2D eigenvalue weighted by molar-refractivity contribution is 0.768. The minimum absolute atomic E-state index is 0.443. The van der Waals surface area contributed by atoms with E-state index in [0.717, 1.165) is 67.4 Å². The Morgan fingerprint density at radius 3 is 1.55 bits per heavy atom. The van der Waals surface area contributed by atoms with Gasteiger partial charge < -0.3 is 10.2 Å². The fraction of sp³-hybridized carbons (Fsp3) is 0.0152. The molecule has 1 heterocycles. The molecule has 12 rings (SSSR count). The molecule has 2 N–H and O–H groups in total. The van der Waals surface area contributed by atoms with Crippen molar-refractivity contribution in [1.29, 1.82) is 5.41 Å². The van der Waals surface area contributed by atoms with Gasteiger partial charge in [0.05, 0.1) is 22.5 Å². The number of allylic oxidation sites excluding steroid dienone is 1. The van der Waals surface area contributed by atoms with Crippen molar-refractivity contribution in [2.24, 2.45) is 0 Å². The zero-order valence-corrected chi connectivity index (χ0v) is 37.9. The van der Waals surface area contributed by atoms with E-state index in [9.17, 15) is 5.41 Å². The SMILES string of the molecule is N=C(/C(=C1\NC(c2ccccc2)=Cc2ccc(N(c3ccc(-c4ccccc4)cc3)c3cccc4c3-c3ccccc3C4(c3ccccc3)c3ccccc3)cc21)c1ccccc1)c1ccccc1. The molecule has 10 aromatic rings. The molecule has 0 atom stereocenters. The van der Waals surface area contributed by atoms with Crippen molar-refractivity contribution < 1.29 is 0 Å². The first kappa shape index (κ1) is 41.4. The Balaban J connectivity index is 1.14. The van der Waals surface area contributed by atoms with Gasteiger partial charge in [0.2, 0.25) is 0 Å². The standard InChI is InChI=1S/C66H47N3/c67-64(50-28-13-4-14-29-50)62(49-26-11-3-12-27-49)65-57-45-55(43-40-51(57)44-60(68-65)48-24-9-2-10-25-48)69(54-41-38-47(39-42-54)46-22-7-1-8-23-46)61-37-21-36-59-63(61)56-34-19-20-35-58(56)66(59,52-30-15-5-16-31-52)53-32-17-6-18-33-53/h1-45,67-68H/b65-62-,67-64?. The Hall–Kier alpha value is -9.05. The van der Waals surface area contributed by atoms with Crippen LogP contribution in [0.3, 0.4) is 0 Å². The largest absolute Gasteiger partial charge is 0.354 e. The summed E-state index contributed by atoms with van der Waals surface area (Å²) >= 11 is 0. The highest BCUT2D eigenvalue weighted by atomic mass is 15.1. The summed E-state index contributed by atoms with van der Waals surface area (Å²) < 4.78 is 0. The molecule has 326 valence electrons. The molecule has 0 spiro atoms. The number of hydrogen-bond acceptors (Lipinski definition) is 3. The predicted octanol–water partition coefficient (Wildman–Crippen LogP) is 16.2. The Morgan fingerprint density at radius 2 is 0.913 bits per heavy atom. The predicted molar refractivity (Wildman–Crippen MR) is 288 cm³/mol. The molecule has 69 heavy (non-hydrogen) atoms. The second-order valence-corrected chi connectivity index (χ2v) is 17.7. The molecule has 0 saturated heterocycles. The van der Waals surface area contributed by atoms with Crippen molar-refractivity contribution in [2.45, 2.75) is 5.41 Å². The van der Waals surface area contributed by atoms with Crippen LogP contribution in [0.1, 0.15) is 50.1 Å². The summed E-state index contributed by atoms with van der Waals surface area (Å²) in [6.07, 6.45) is 2.25. The molecule has 0 radical (unpaired) electrons. The lowest BCUT2D eigenvalue weighted by atomic mass is 9.68. The molecular formula is C66H47N3. The van der Waals surface area contributed by atoms with Gasteiger partial charge in [-0.25, -0.2) is 0 Å². The van der Waals surface area contributed by atoms with Crippen molar-refractivity contribution >= 4 is 45.8 Å². The smallest absolute Gasteiger partial charge is 0.0714 e. The molecule has 0 bridgehead atoms. The van der Waals surface area contributed by atoms with E-state index >= 15 is 0 Å². The van der Waals surface area contributed by atoms with Crippen LogP contribution in [-0.2, 0) is 5.41 Å². The molecule has 0 amide bonds. The maximum atomic E-state index is 9.97. The van der Waals surface area contributed by atoms with Crippen LogP contribution in [0.15, 0.2) is 267 Å². The summed E-state index contributed by atoms with van der Waals surface area (Å²) in [5.74, 6) is 0. The van der Waals surface area contributed by atoms with Crippen molar-refractivity contribution in [3.8, 4) is 22.3 Å². The first-order valence-corrected chi connectivity index (χ1v) is 23.6. The fourth-order valence-corrected chi connectivity index (χ4v) is 10.7. The van der Waals surface area contributed by atoms with Gasteiger partial charge in [-0.05, 0) is 92.0 Å². The fourth-order valence-electron chi connectivity index (χ4n) is 10.7. The molecule has 2 aliphatic rings. The molecule has 3 heteroatoms. The van der Waals surface area contributed by atoms with Crippen LogP contribution in [0.4, 0.5) is 17.1 Å². The molecule has 1 aliphatic carbocycles. The molecule has 0 fully saturated rings. The highest BCUT2D eigenvalue weighted by Crippen LogP contribution is 2.59. The Bertz CT molecular complexity index is 3510. The van der Waals surface area contributed by atoms with E-state index in [-0.39, 0.29) is 0 Å². The number of fused-ring (bicyclic) bond motifs is 4. The minimum Gasteiger partial charge on any atom is -0.354 e. The third-order valence-electron chi connectivity index (χ3n) is 13.8. The van der Waals surface area contributed by atoms with Gasteiger partial charge in [-0.3, -0.25) is 5.41 Å². The summed E-state index contributed by atoms with van der Waals surface area (Å²) in [6, 6.07) is 95.2. The lowest BCUT2D eigenvalue weighted by Crippen LogP contribution is -2.28. The summed E-state index contributed by atoms with van der Waals surface area (Å²) in [5, 5.41) is 13.9. The highest BCUT2D eigenvalue weighted by molar-refractivity contribution is 6.36. The van der Waals surface area contributed by atoms with E-state index < -0.39 is 5.41 Å². The van der Waals surface area contributed by atoms with E-state index in [1.54, 1.807) is 0 Å². The normalized spacial score (nSPS) is 13.8. The highest BCUT2D eigenvalue weighted by Gasteiger charge is 2.47. The summed E-state index contributed by atoms with van der Waals surface area (Å²) in [5.41, 5.74) is 20.3. The second kappa shape index (κ2) is 17.6. The van der Waals surface area contributed by atoms with Crippen molar-refractivity contribution in [3.05, 3.63) is 317 Å².